The third kappa shape index (κ3) is 12.9. The number of likely N-dealkylation sites (N-methyl/N-ethyl adjacent to an activating group) is 1. The summed E-state index contributed by atoms with van der Waals surface area (Å²) in [7, 11) is 5.14. The maximum absolute atomic E-state index is 14.7. The van der Waals surface area contributed by atoms with E-state index in [1.165, 1.54) is 27.9 Å². The number of cyclic esters (lactones) is 1. The van der Waals surface area contributed by atoms with E-state index in [4.69, 9.17) is 28.4 Å². The number of amides is 1. The van der Waals surface area contributed by atoms with Crippen LogP contribution in [-0.4, -0.2) is 160 Å². The molecule has 16 nitrogen and oxygen atoms in total. The van der Waals surface area contributed by atoms with Crippen LogP contribution in [0.1, 0.15) is 93.6 Å². The van der Waals surface area contributed by atoms with Crippen molar-refractivity contribution in [2.24, 2.45) is 23.7 Å². The number of aliphatic hydroxyl groups excluding tert-OH is 3. The van der Waals surface area contributed by atoms with Crippen LogP contribution in [0.3, 0.4) is 0 Å². The molecule has 18 atom stereocenters. The van der Waals surface area contributed by atoms with Crippen LogP contribution in [0, 0.1) is 23.7 Å². The van der Waals surface area contributed by atoms with E-state index >= 15 is 0 Å². The highest BCUT2D eigenvalue weighted by atomic mass is 16.7. The number of aliphatic hydroxyl groups is 5. The Balaban J connectivity index is 1.48. The molecule has 3 saturated heterocycles. The third-order valence-electron chi connectivity index (χ3n) is 14.6. The number of carbonyl (C=O) groups excluding carboxylic acids is 3. The second-order valence-corrected chi connectivity index (χ2v) is 20.4. The number of nitrogens with one attached hydrogen (secondary N) is 1. The van der Waals surface area contributed by atoms with E-state index in [9.17, 15) is 39.9 Å². The smallest absolute Gasteiger partial charge is 0.311 e. The molecule has 3 fully saturated rings. The van der Waals surface area contributed by atoms with Gasteiger partial charge in [0.2, 0.25) is 5.91 Å². The van der Waals surface area contributed by atoms with E-state index in [-0.39, 0.29) is 50.3 Å². The Hall–Kier alpha value is -3.39. The van der Waals surface area contributed by atoms with E-state index < -0.39 is 108 Å². The Labute approximate surface area is 396 Å². The number of Topliss-reactive ketones (excluding diaryl/α,β-unsaturated/α-hetero) is 1. The summed E-state index contributed by atoms with van der Waals surface area (Å²) in [5.74, 6) is -5.90. The lowest BCUT2D eigenvalue weighted by Crippen LogP contribution is -2.61. The molecule has 6 N–H and O–H groups in total. The number of esters is 1. The van der Waals surface area contributed by atoms with Gasteiger partial charge in [-0.2, -0.15) is 0 Å². The molecular formula is C51H78N2O14. The Morgan fingerprint density at radius 3 is 2.07 bits per heavy atom. The number of nitrogens with zero attached hydrogens (tertiary/aromatic N) is 1. The lowest BCUT2D eigenvalue weighted by Gasteiger charge is -2.49. The molecule has 0 radical (unpaired) electrons. The number of methoxy groups -OCH3 is 1. The molecule has 2 aromatic rings. The fraction of sp³-hybridized carbons (Fsp3) is 0.706. The van der Waals surface area contributed by atoms with Gasteiger partial charge >= 0.3 is 5.97 Å². The number of hydrogen-bond acceptors (Lipinski definition) is 15. The maximum Gasteiger partial charge on any atom is 0.311 e. The zero-order valence-electron chi connectivity index (χ0n) is 41.5. The number of benzene rings is 2. The van der Waals surface area contributed by atoms with Crippen molar-refractivity contribution in [2.75, 3.05) is 27.7 Å². The zero-order chi connectivity index (χ0) is 49.8. The van der Waals surface area contributed by atoms with Gasteiger partial charge in [-0.15, -0.1) is 0 Å². The van der Waals surface area contributed by atoms with Gasteiger partial charge < -0.3 is 64.2 Å². The maximum atomic E-state index is 14.7. The Kier molecular flexibility index (Phi) is 18.4. The molecule has 376 valence electrons. The van der Waals surface area contributed by atoms with Gasteiger partial charge in [0.1, 0.15) is 29.7 Å². The minimum atomic E-state index is -2.21. The van der Waals surface area contributed by atoms with Gasteiger partial charge in [0, 0.05) is 50.3 Å². The summed E-state index contributed by atoms with van der Waals surface area (Å²) in [6, 6.07) is 17.1. The third-order valence-corrected chi connectivity index (χ3v) is 14.6. The van der Waals surface area contributed by atoms with Crippen LogP contribution in [0.25, 0.3) is 11.1 Å². The molecule has 8 unspecified atom stereocenters. The number of hydrogen-bond donors (Lipinski definition) is 6. The van der Waals surface area contributed by atoms with Gasteiger partial charge in [-0.1, -0.05) is 75.4 Å². The predicted molar refractivity (Wildman–Crippen MR) is 249 cm³/mol. The highest BCUT2D eigenvalue weighted by Gasteiger charge is 2.53. The number of ether oxygens (including phenoxy) is 6. The molecule has 3 heterocycles. The normalized spacial score (nSPS) is 40.5. The minimum absolute atomic E-state index is 0.0399. The highest BCUT2D eigenvalue weighted by molar-refractivity contribution is 5.83. The molecule has 0 aliphatic carbocycles. The molecule has 16 heteroatoms. The van der Waals surface area contributed by atoms with Crippen LogP contribution in [0.4, 0.5) is 0 Å². The molecule has 0 bridgehead atoms. The van der Waals surface area contributed by atoms with Crippen molar-refractivity contribution in [3.8, 4) is 11.1 Å². The fourth-order valence-electron chi connectivity index (χ4n) is 10.3. The average molecular weight is 943 g/mol. The average Bonchev–Trinajstić information content (AvgIpc) is 3.28. The number of rotatable bonds is 12. The van der Waals surface area contributed by atoms with Crippen molar-refractivity contribution in [1.82, 2.24) is 10.2 Å². The second-order valence-electron chi connectivity index (χ2n) is 20.4. The summed E-state index contributed by atoms with van der Waals surface area (Å²) in [6.07, 6.45) is -11.0. The summed E-state index contributed by atoms with van der Waals surface area (Å²) in [6.45, 7) is 14.4. The van der Waals surface area contributed by atoms with Gasteiger partial charge in [0.25, 0.3) is 0 Å². The first-order valence-corrected chi connectivity index (χ1v) is 23.8. The largest absolute Gasteiger partial charge is 0.459 e. The molecule has 5 rings (SSSR count). The van der Waals surface area contributed by atoms with Crippen molar-refractivity contribution >= 4 is 17.7 Å². The van der Waals surface area contributed by atoms with Crippen LogP contribution in [0.5, 0.6) is 0 Å². The van der Waals surface area contributed by atoms with E-state index in [1.54, 1.807) is 34.6 Å². The first-order valence-electron chi connectivity index (χ1n) is 23.8. The molecule has 3 aliphatic heterocycles. The molecule has 67 heavy (non-hydrogen) atoms. The van der Waals surface area contributed by atoms with Crippen LogP contribution < -0.4 is 5.32 Å². The summed E-state index contributed by atoms with van der Waals surface area (Å²) in [5.41, 5.74) is -2.37. The first-order chi connectivity index (χ1) is 31.3. The lowest BCUT2D eigenvalue weighted by atomic mass is 9.74. The fourth-order valence-corrected chi connectivity index (χ4v) is 10.3. The van der Waals surface area contributed by atoms with E-state index in [2.05, 4.69) is 5.32 Å². The SMILES string of the molecule is COC1(C)CC(O[C@H]2[C@H](C)[C@@H](OC3OC(C)CC(N(C)C)C3O)[C@](C)(O)C[C@@H](C)C(=O)[C@H](C)[C@@H](O)[C@](C)(O)[C@@H](CCNC(=O)Cc3ccc(-c4ccccc4)cc3)OC(=O)[C@@H]2C)OC(C)C1O. The zero-order valence-corrected chi connectivity index (χ0v) is 41.5. The van der Waals surface area contributed by atoms with Crippen molar-refractivity contribution in [1.29, 1.82) is 0 Å². The van der Waals surface area contributed by atoms with Crippen LogP contribution in [0.15, 0.2) is 54.6 Å². The molecule has 0 spiro atoms. The first kappa shape index (κ1) is 54.5. The van der Waals surface area contributed by atoms with E-state index in [0.717, 1.165) is 16.7 Å². The molecular weight excluding hydrogens is 865 g/mol. The van der Waals surface area contributed by atoms with Gasteiger partial charge in [-0.05, 0) is 85.2 Å². The summed E-state index contributed by atoms with van der Waals surface area (Å²) >= 11 is 0. The van der Waals surface area contributed by atoms with Crippen molar-refractivity contribution in [3.63, 3.8) is 0 Å². The molecule has 1 amide bonds. The van der Waals surface area contributed by atoms with Crippen LogP contribution >= 0.6 is 0 Å². The topological polar surface area (TPSA) is 223 Å². The van der Waals surface area contributed by atoms with Crippen LogP contribution in [0.2, 0.25) is 0 Å². The Bertz CT molecular complexity index is 1930. The molecule has 2 aromatic carbocycles. The monoisotopic (exact) mass is 943 g/mol. The van der Waals surface area contributed by atoms with Crippen molar-refractivity contribution < 1.29 is 68.3 Å². The van der Waals surface area contributed by atoms with E-state index in [1.807, 2.05) is 80.5 Å². The van der Waals surface area contributed by atoms with Gasteiger partial charge in [0.15, 0.2) is 12.6 Å². The highest BCUT2D eigenvalue weighted by Crippen LogP contribution is 2.41. The van der Waals surface area contributed by atoms with Gasteiger partial charge in [0.05, 0.1) is 54.1 Å². The van der Waals surface area contributed by atoms with Crippen LogP contribution in [-0.2, 0) is 49.2 Å². The summed E-state index contributed by atoms with van der Waals surface area (Å²) < 4.78 is 37.7. The molecule has 0 aromatic heterocycles. The number of ketones is 1. The summed E-state index contributed by atoms with van der Waals surface area (Å²) in [5, 5.41) is 62.1. The summed E-state index contributed by atoms with van der Waals surface area (Å²) in [4.78, 5) is 44.1. The standard InChI is InChI=1S/C51H78N2O14/c1-28-26-49(7,60)46(67-48-42(56)37(53(10)11)24-29(2)63-48)31(4)43(66-40-27-50(8,62-12)45(58)33(6)64-40)32(5)47(59)65-38(51(9,61)44(57)30(3)41(28)55)22-23-52-39(54)25-34-18-20-36(21-19-34)35-16-14-13-15-17-35/h13-21,28-33,37-38,40,42-46,48,56-58,60-61H,22-27H2,1-12H3,(H,52,54)/t28-,29?,30+,31+,32-,33?,37?,38-,40?,42?,43+,44-,45?,46-,48?,49-,50?,51-/m1/s1. The van der Waals surface area contributed by atoms with Gasteiger partial charge in [-0.25, -0.2) is 0 Å². The minimum Gasteiger partial charge on any atom is -0.459 e. The number of carbonyl (C=O) groups is 3. The Morgan fingerprint density at radius 2 is 1.46 bits per heavy atom. The lowest BCUT2D eigenvalue weighted by molar-refractivity contribution is -0.318. The predicted octanol–water partition coefficient (Wildman–Crippen LogP) is 3.79. The quantitative estimate of drug-likeness (QED) is 0.167. The Morgan fingerprint density at radius 1 is 0.836 bits per heavy atom. The molecule has 0 saturated carbocycles. The van der Waals surface area contributed by atoms with Crippen molar-refractivity contribution in [3.05, 3.63) is 60.2 Å². The second kappa shape index (κ2) is 22.6. The molecule has 3 aliphatic rings. The van der Waals surface area contributed by atoms with Crippen molar-refractivity contribution in [2.45, 2.75) is 179 Å². The van der Waals surface area contributed by atoms with Gasteiger partial charge in [-0.3, -0.25) is 14.4 Å². The van der Waals surface area contributed by atoms with E-state index in [0.29, 0.717) is 6.42 Å².